The lowest BCUT2D eigenvalue weighted by atomic mass is 10.0. The highest BCUT2D eigenvalue weighted by Crippen LogP contribution is 2.24. The number of halogens is 1. The fourth-order valence-electron chi connectivity index (χ4n) is 3.20. The molecule has 2 aromatic rings. The lowest BCUT2D eigenvalue weighted by Gasteiger charge is -2.23. The molecule has 1 unspecified atom stereocenters. The van der Waals surface area contributed by atoms with Crippen molar-refractivity contribution in [3.05, 3.63) is 11.5 Å². The molecule has 1 atom stereocenters. The number of hydrogen-bond donors (Lipinski definition) is 0. The van der Waals surface area contributed by atoms with Gasteiger partial charge in [0.2, 0.25) is 0 Å². The number of nitrogens with zero attached hydrogens (tertiary/aromatic N) is 4. The average Bonchev–Trinajstić information content (AvgIpc) is 2.99. The minimum Gasteiger partial charge on any atom is -0.381 e. The van der Waals surface area contributed by atoms with Crippen LogP contribution >= 0.6 is 11.6 Å². The fraction of sp³-hybridized carbons (Fsp3) is 0.733. The number of aryl methyl sites for hydroxylation is 3. The number of fused-ring (bicyclic) bond motifs is 1. The van der Waals surface area contributed by atoms with Crippen molar-refractivity contribution in [3.63, 3.8) is 0 Å². The fourth-order valence-corrected chi connectivity index (χ4v) is 3.37. The van der Waals surface area contributed by atoms with E-state index in [2.05, 4.69) is 16.6 Å². The van der Waals surface area contributed by atoms with Crippen LogP contribution in [-0.4, -0.2) is 38.4 Å². The normalized spacial score (nSPS) is 19.5. The molecule has 1 aliphatic rings. The lowest BCUT2D eigenvalue weighted by Crippen LogP contribution is -2.23. The number of aromatic nitrogens is 4. The molecule has 0 bridgehead atoms. The number of hydrogen-bond acceptors (Lipinski definition) is 3. The third-order valence-corrected chi connectivity index (χ3v) is 4.41. The van der Waals surface area contributed by atoms with Gasteiger partial charge in [0, 0.05) is 38.4 Å². The second kappa shape index (κ2) is 6.36. The number of rotatable bonds is 5. The van der Waals surface area contributed by atoms with Crippen molar-refractivity contribution >= 4 is 22.8 Å². The van der Waals surface area contributed by atoms with E-state index in [1.54, 1.807) is 0 Å². The molecule has 0 aromatic carbocycles. The summed E-state index contributed by atoms with van der Waals surface area (Å²) >= 11 is 5.96. The Bertz CT molecular complexity index is 613. The van der Waals surface area contributed by atoms with Crippen molar-refractivity contribution in [1.82, 2.24) is 19.3 Å². The van der Waals surface area contributed by atoms with Crippen LogP contribution in [0, 0.1) is 5.92 Å². The molecule has 3 heterocycles. The van der Waals surface area contributed by atoms with E-state index >= 15 is 0 Å². The van der Waals surface area contributed by atoms with Gasteiger partial charge in [0.1, 0.15) is 11.3 Å². The Labute approximate surface area is 130 Å². The minimum atomic E-state index is 0.560. The van der Waals surface area contributed by atoms with Crippen molar-refractivity contribution in [1.29, 1.82) is 0 Å². The van der Waals surface area contributed by atoms with E-state index in [1.807, 2.05) is 11.7 Å². The Morgan fingerprint density at radius 1 is 1.43 bits per heavy atom. The summed E-state index contributed by atoms with van der Waals surface area (Å²) in [6.45, 7) is 4.82. The first-order valence-electron chi connectivity index (χ1n) is 7.79. The summed E-state index contributed by atoms with van der Waals surface area (Å²) in [6.07, 6.45) is 4.07. The van der Waals surface area contributed by atoms with Crippen LogP contribution in [0.4, 0.5) is 0 Å². The summed E-state index contributed by atoms with van der Waals surface area (Å²) in [5.74, 6) is 2.23. The molecule has 0 amide bonds. The van der Waals surface area contributed by atoms with Crippen LogP contribution < -0.4 is 0 Å². The van der Waals surface area contributed by atoms with E-state index in [9.17, 15) is 0 Å². The molecule has 0 N–H and O–H groups in total. The second-order valence-electron chi connectivity index (χ2n) is 5.76. The topological polar surface area (TPSA) is 44.9 Å². The van der Waals surface area contributed by atoms with Gasteiger partial charge in [-0.05, 0) is 19.3 Å². The average molecular weight is 311 g/mol. The van der Waals surface area contributed by atoms with Crippen LogP contribution in [0.3, 0.4) is 0 Å². The van der Waals surface area contributed by atoms with E-state index < -0.39 is 0 Å². The minimum absolute atomic E-state index is 0.560. The highest BCUT2D eigenvalue weighted by Gasteiger charge is 2.22. The summed E-state index contributed by atoms with van der Waals surface area (Å²) in [5, 5.41) is 4.59. The molecule has 0 radical (unpaired) electrons. The highest BCUT2D eigenvalue weighted by molar-refractivity contribution is 6.17. The highest BCUT2D eigenvalue weighted by atomic mass is 35.5. The van der Waals surface area contributed by atoms with Gasteiger partial charge in [0.15, 0.2) is 5.65 Å². The van der Waals surface area contributed by atoms with Gasteiger partial charge in [-0.3, -0.25) is 4.68 Å². The van der Waals surface area contributed by atoms with Gasteiger partial charge in [-0.2, -0.15) is 5.10 Å². The van der Waals surface area contributed by atoms with Gasteiger partial charge in [-0.15, -0.1) is 11.6 Å². The molecule has 0 saturated carbocycles. The quantitative estimate of drug-likeness (QED) is 0.797. The zero-order chi connectivity index (χ0) is 14.8. The maximum Gasteiger partial charge on any atom is 0.158 e. The van der Waals surface area contributed by atoms with Gasteiger partial charge in [-0.1, -0.05) is 6.92 Å². The van der Waals surface area contributed by atoms with Crippen molar-refractivity contribution < 1.29 is 4.74 Å². The van der Waals surface area contributed by atoms with Crippen molar-refractivity contribution in [2.45, 2.75) is 39.2 Å². The van der Waals surface area contributed by atoms with E-state index in [-0.39, 0.29) is 0 Å². The van der Waals surface area contributed by atoms with Crippen molar-refractivity contribution in [3.8, 4) is 0 Å². The summed E-state index contributed by atoms with van der Waals surface area (Å²) in [4.78, 5) is 4.81. The maximum atomic E-state index is 5.96. The molecule has 5 nitrogen and oxygen atoms in total. The molecular formula is C15H23ClN4O. The van der Waals surface area contributed by atoms with Crippen LogP contribution in [0.1, 0.15) is 31.3 Å². The largest absolute Gasteiger partial charge is 0.381 e. The summed E-state index contributed by atoms with van der Waals surface area (Å²) < 4.78 is 9.89. The van der Waals surface area contributed by atoms with Gasteiger partial charge in [-0.25, -0.2) is 4.98 Å². The predicted octanol–water partition coefficient (Wildman–Crippen LogP) is 2.54. The summed E-state index contributed by atoms with van der Waals surface area (Å²) in [6, 6.07) is 0. The predicted molar refractivity (Wildman–Crippen MR) is 83.8 cm³/mol. The Morgan fingerprint density at radius 3 is 2.95 bits per heavy atom. The van der Waals surface area contributed by atoms with E-state index in [0.29, 0.717) is 11.8 Å². The molecule has 0 aliphatic carbocycles. The zero-order valence-electron chi connectivity index (χ0n) is 12.8. The monoisotopic (exact) mass is 310 g/mol. The van der Waals surface area contributed by atoms with Crippen LogP contribution in [0.5, 0.6) is 0 Å². The van der Waals surface area contributed by atoms with Crippen LogP contribution in [0.2, 0.25) is 0 Å². The van der Waals surface area contributed by atoms with Gasteiger partial charge >= 0.3 is 0 Å². The van der Waals surface area contributed by atoms with Gasteiger partial charge < -0.3 is 9.30 Å². The summed E-state index contributed by atoms with van der Waals surface area (Å²) in [5.41, 5.74) is 3.23. The zero-order valence-corrected chi connectivity index (χ0v) is 13.6. The van der Waals surface area contributed by atoms with E-state index in [1.165, 1.54) is 6.42 Å². The first-order chi connectivity index (χ1) is 10.2. The second-order valence-corrected chi connectivity index (χ2v) is 6.13. The molecule has 1 aliphatic heterocycles. The van der Waals surface area contributed by atoms with Crippen molar-refractivity contribution in [2.75, 3.05) is 19.1 Å². The Kier molecular flexibility index (Phi) is 4.50. The van der Waals surface area contributed by atoms with Crippen molar-refractivity contribution in [2.24, 2.45) is 13.0 Å². The number of alkyl halides is 1. The number of ether oxygens (including phenoxy) is 1. The smallest absolute Gasteiger partial charge is 0.158 e. The van der Waals surface area contributed by atoms with E-state index in [0.717, 1.165) is 61.7 Å². The molecule has 0 spiro atoms. The van der Waals surface area contributed by atoms with Gasteiger partial charge in [0.05, 0.1) is 12.3 Å². The standard InChI is InChI=1S/C15H23ClN4O/c1-3-12-14-15(19(2)18-12)20(13(17-14)6-7-16)9-11-5-4-8-21-10-11/h11H,3-10H2,1-2H3. The molecule has 6 heteroatoms. The van der Waals surface area contributed by atoms with Gasteiger partial charge in [0.25, 0.3) is 0 Å². The third kappa shape index (κ3) is 2.81. The van der Waals surface area contributed by atoms with Crippen LogP contribution in [0.25, 0.3) is 11.2 Å². The third-order valence-electron chi connectivity index (χ3n) is 4.22. The SMILES string of the molecule is CCc1nn(C)c2c1nc(CCCl)n2CC1CCCOC1. The first-order valence-corrected chi connectivity index (χ1v) is 8.32. The van der Waals surface area contributed by atoms with Crippen LogP contribution in [0.15, 0.2) is 0 Å². The first kappa shape index (κ1) is 14.9. The Hall–Kier alpha value is -1.07. The molecule has 1 fully saturated rings. The lowest BCUT2D eigenvalue weighted by molar-refractivity contribution is 0.0484. The Balaban J connectivity index is 2.00. The van der Waals surface area contributed by atoms with E-state index in [4.69, 9.17) is 21.3 Å². The molecule has 1 saturated heterocycles. The summed E-state index contributed by atoms with van der Waals surface area (Å²) in [7, 11) is 2.00. The molecule has 2 aromatic heterocycles. The number of imidazole rings is 1. The maximum absolute atomic E-state index is 5.96. The molecule has 3 rings (SSSR count). The molecular weight excluding hydrogens is 288 g/mol. The molecule has 21 heavy (non-hydrogen) atoms. The Morgan fingerprint density at radius 2 is 2.29 bits per heavy atom. The molecule has 116 valence electrons. The van der Waals surface area contributed by atoms with Crippen LogP contribution in [-0.2, 0) is 31.2 Å².